The molecule has 0 unspecified atom stereocenters. The maximum Gasteiger partial charge on any atom is 0.244 e. The van der Waals surface area contributed by atoms with Gasteiger partial charge in [0.25, 0.3) is 0 Å². The fraction of sp³-hybridized carbons (Fsp3) is 0.821. The number of carbonyl (C=O) groups is 1. The van der Waals surface area contributed by atoms with Crippen LogP contribution >= 0.6 is 0 Å². The molecule has 0 spiro atoms. The first-order valence-electron chi connectivity index (χ1n) is 13.2. The molecule has 2 N–H and O–H groups in total. The molecule has 31 heavy (non-hydrogen) atoms. The topological polar surface area (TPSA) is 49.3 Å². The Bertz CT molecular complexity index is 776. The highest BCUT2D eigenvalue weighted by Crippen LogP contribution is 2.66. The summed E-state index contributed by atoms with van der Waals surface area (Å²) in [5.41, 5.74) is 3.41. The molecule has 5 atom stereocenters. The molecule has 5 rings (SSSR count). The first-order valence-corrected chi connectivity index (χ1v) is 13.2. The molecule has 0 bridgehead atoms. The van der Waals surface area contributed by atoms with Crippen molar-refractivity contribution in [1.82, 2.24) is 5.32 Å². The first-order chi connectivity index (χ1) is 14.9. The van der Waals surface area contributed by atoms with Gasteiger partial charge >= 0.3 is 0 Å². The largest absolute Gasteiger partial charge is 0.394 e. The van der Waals surface area contributed by atoms with Crippen LogP contribution in [0.5, 0.6) is 0 Å². The normalized spacial score (nSPS) is 42.9. The number of nitrogens with one attached hydrogen (secondary N) is 1. The van der Waals surface area contributed by atoms with Gasteiger partial charge in [-0.05, 0) is 92.8 Å². The quantitative estimate of drug-likeness (QED) is 0.425. The van der Waals surface area contributed by atoms with Crippen LogP contribution in [0.3, 0.4) is 0 Å². The average molecular weight is 426 g/mol. The van der Waals surface area contributed by atoms with E-state index in [4.69, 9.17) is 0 Å². The van der Waals surface area contributed by atoms with Crippen LogP contribution < -0.4 is 5.32 Å². The lowest BCUT2D eigenvalue weighted by Gasteiger charge is -2.57. The highest BCUT2D eigenvalue weighted by Gasteiger charge is 2.56. The van der Waals surface area contributed by atoms with E-state index in [9.17, 15) is 9.90 Å². The number of allylic oxidation sites excluding steroid dienone is 3. The predicted molar refractivity (Wildman–Crippen MR) is 125 cm³/mol. The van der Waals surface area contributed by atoms with Crippen LogP contribution in [0.1, 0.15) is 104 Å². The van der Waals surface area contributed by atoms with Gasteiger partial charge in [0.15, 0.2) is 0 Å². The van der Waals surface area contributed by atoms with Crippen LogP contribution in [0.15, 0.2) is 23.3 Å². The van der Waals surface area contributed by atoms with Gasteiger partial charge in [-0.25, -0.2) is 0 Å². The van der Waals surface area contributed by atoms with Crippen molar-refractivity contribution in [3.8, 4) is 0 Å². The Labute approximate surface area is 189 Å². The molecule has 172 valence electrons. The molecule has 4 fully saturated rings. The number of fused-ring (bicyclic) bond motifs is 5. The van der Waals surface area contributed by atoms with Crippen molar-refractivity contribution in [2.45, 2.75) is 109 Å². The fourth-order valence-electron chi connectivity index (χ4n) is 8.79. The third-order valence-electron chi connectivity index (χ3n) is 10.7. The Morgan fingerprint density at radius 2 is 1.74 bits per heavy atom. The van der Waals surface area contributed by atoms with Crippen molar-refractivity contribution < 1.29 is 9.90 Å². The van der Waals surface area contributed by atoms with Crippen LogP contribution in [-0.2, 0) is 4.79 Å². The minimum absolute atomic E-state index is 0.0417. The molecule has 0 aromatic carbocycles. The van der Waals surface area contributed by atoms with E-state index in [1.54, 1.807) is 5.57 Å². The van der Waals surface area contributed by atoms with Crippen LogP contribution in [-0.4, -0.2) is 23.2 Å². The molecule has 0 saturated heterocycles. The van der Waals surface area contributed by atoms with Crippen LogP contribution in [0, 0.1) is 28.6 Å². The summed E-state index contributed by atoms with van der Waals surface area (Å²) >= 11 is 0. The Hall–Kier alpha value is -1.09. The lowest BCUT2D eigenvalue weighted by atomic mass is 9.48. The highest BCUT2D eigenvalue weighted by atomic mass is 16.3. The molecular formula is C28H43NO2. The molecule has 1 amide bonds. The number of hydrogen-bond donors (Lipinski definition) is 2. The minimum Gasteiger partial charge on any atom is -0.394 e. The molecule has 5 aliphatic rings. The zero-order chi connectivity index (χ0) is 21.7. The number of carbonyl (C=O) groups excluding carboxylic acids is 1. The van der Waals surface area contributed by atoms with E-state index in [1.165, 1.54) is 63.4 Å². The number of hydrogen-bond acceptors (Lipinski definition) is 2. The summed E-state index contributed by atoms with van der Waals surface area (Å²) in [6.45, 7) is 5.11. The van der Waals surface area contributed by atoms with Gasteiger partial charge in [0, 0.05) is 6.08 Å². The Morgan fingerprint density at radius 1 is 1.00 bits per heavy atom. The number of amides is 1. The fourth-order valence-corrected chi connectivity index (χ4v) is 8.79. The molecular weight excluding hydrogens is 382 g/mol. The second kappa shape index (κ2) is 8.04. The van der Waals surface area contributed by atoms with Crippen molar-refractivity contribution in [2.24, 2.45) is 28.6 Å². The van der Waals surface area contributed by atoms with Crippen molar-refractivity contribution in [2.75, 3.05) is 6.61 Å². The van der Waals surface area contributed by atoms with Crippen LogP contribution in [0.2, 0.25) is 0 Å². The van der Waals surface area contributed by atoms with Crippen molar-refractivity contribution in [1.29, 1.82) is 0 Å². The Kier molecular flexibility index (Phi) is 5.64. The monoisotopic (exact) mass is 425 g/mol. The third-order valence-corrected chi connectivity index (χ3v) is 10.7. The van der Waals surface area contributed by atoms with Crippen LogP contribution in [0.4, 0.5) is 0 Å². The van der Waals surface area contributed by atoms with Gasteiger partial charge in [0.2, 0.25) is 5.91 Å². The Morgan fingerprint density at radius 3 is 2.52 bits per heavy atom. The van der Waals surface area contributed by atoms with E-state index in [2.05, 4.69) is 25.2 Å². The smallest absolute Gasteiger partial charge is 0.244 e. The predicted octanol–water partition coefficient (Wildman–Crippen LogP) is 6.08. The summed E-state index contributed by atoms with van der Waals surface area (Å²) in [6, 6.07) is 0. The van der Waals surface area contributed by atoms with Gasteiger partial charge in [0.1, 0.15) is 0 Å². The van der Waals surface area contributed by atoms with Crippen molar-refractivity contribution >= 4 is 5.91 Å². The van der Waals surface area contributed by atoms with Crippen molar-refractivity contribution in [3.05, 3.63) is 23.3 Å². The van der Waals surface area contributed by atoms with E-state index in [1.807, 2.05) is 6.08 Å². The second-order valence-corrected chi connectivity index (χ2v) is 12.1. The summed E-state index contributed by atoms with van der Waals surface area (Å²) in [5, 5.41) is 13.2. The van der Waals surface area contributed by atoms with Gasteiger partial charge in [-0.3, -0.25) is 4.79 Å². The SMILES string of the molecule is C[C@]12CCCCC1=CC[C@@H]1[C@@H]2CC[C@]2(C)/C(=C\C(=O)NC3(CO)CCCCC3)CC[C@@H]12. The summed E-state index contributed by atoms with van der Waals surface area (Å²) in [4.78, 5) is 13.1. The van der Waals surface area contributed by atoms with E-state index in [-0.39, 0.29) is 23.5 Å². The zero-order valence-corrected chi connectivity index (χ0v) is 19.8. The lowest BCUT2D eigenvalue weighted by molar-refractivity contribution is -0.119. The maximum atomic E-state index is 13.1. The second-order valence-electron chi connectivity index (χ2n) is 12.1. The van der Waals surface area contributed by atoms with E-state index < -0.39 is 0 Å². The van der Waals surface area contributed by atoms with Gasteiger partial charge in [-0.15, -0.1) is 0 Å². The first kappa shape index (κ1) is 21.7. The Balaban J connectivity index is 1.34. The summed E-state index contributed by atoms with van der Waals surface area (Å²) in [5.74, 6) is 2.41. The summed E-state index contributed by atoms with van der Waals surface area (Å²) in [7, 11) is 0. The van der Waals surface area contributed by atoms with Gasteiger partial charge < -0.3 is 10.4 Å². The maximum absolute atomic E-state index is 13.1. The van der Waals surface area contributed by atoms with Crippen molar-refractivity contribution in [3.63, 3.8) is 0 Å². The van der Waals surface area contributed by atoms with Gasteiger partial charge in [0.05, 0.1) is 12.1 Å². The molecule has 0 aromatic heterocycles. The molecule has 0 heterocycles. The van der Waals surface area contributed by atoms with Gasteiger partial charge in [-0.1, -0.05) is 56.8 Å². The standard InChI is InChI=1S/C28H43NO2/c1-26-14-7-4-8-20(26)9-11-22-23-12-10-21(27(23,2)17-13-24(22)26)18-25(31)29-28(19-30)15-5-3-6-16-28/h9,18,22-24,30H,3-8,10-17,19H2,1-2H3,(H,29,31)/b21-18-/t22-,23-,24-,26-,27+/m0/s1. The molecule has 3 heteroatoms. The molecule has 0 radical (unpaired) electrons. The van der Waals surface area contributed by atoms with Crippen LogP contribution in [0.25, 0.3) is 0 Å². The molecule has 0 aliphatic heterocycles. The van der Waals surface area contributed by atoms with E-state index in [0.29, 0.717) is 5.41 Å². The average Bonchev–Trinajstić information content (AvgIpc) is 3.10. The van der Waals surface area contributed by atoms with E-state index >= 15 is 0 Å². The highest BCUT2D eigenvalue weighted by molar-refractivity contribution is 5.89. The number of rotatable bonds is 3. The minimum atomic E-state index is -0.386. The molecule has 3 nitrogen and oxygen atoms in total. The summed E-state index contributed by atoms with van der Waals surface area (Å²) < 4.78 is 0. The molecule has 0 aromatic rings. The summed E-state index contributed by atoms with van der Waals surface area (Å²) in [6.07, 6.45) is 21.5. The molecule has 4 saturated carbocycles. The van der Waals surface area contributed by atoms with Gasteiger partial charge in [-0.2, -0.15) is 0 Å². The number of aliphatic hydroxyl groups is 1. The van der Waals surface area contributed by atoms with E-state index in [0.717, 1.165) is 49.9 Å². The molecule has 5 aliphatic carbocycles. The lowest BCUT2D eigenvalue weighted by Crippen LogP contribution is -2.52. The zero-order valence-electron chi connectivity index (χ0n) is 19.8. The third kappa shape index (κ3) is 3.54. The number of aliphatic hydroxyl groups excluding tert-OH is 1.